The first-order chi connectivity index (χ1) is 10.1. The Morgan fingerprint density at radius 1 is 1.43 bits per heavy atom. The average molecular weight is 289 g/mol. The minimum atomic E-state index is -0.0296. The van der Waals surface area contributed by atoms with Crippen molar-refractivity contribution in [3.05, 3.63) is 34.9 Å². The fraction of sp³-hybridized carbons (Fsp3) is 0.471. The Balaban J connectivity index is 2.83. The van der Waals surface area contributed by atoms with Crippen LogP contribution in [0.4, 0.5) is 0 Å². The third-order valence-electron chi connectivity index (χ3n) is 3.06. The quantitative estimate of drug-likeness (QED) is 0.642. The van der Waals surface area contributed by atoms with Gasteiger partial charge < -0.3 is 14.7 Å². The molecule has 4 heteroatoms. The zero-order valence-corrected chi connectivity index (χ0v) is 13.0. The summed E-state index contributed by atoms with van der Waals surface area (Å²) >= 11 is 0. The molecular weight excluding hydrogens is 266 g/mol. The van der Waals surface area contributed by atoms with Gasteiger partial charge in [0.15, 0.2) is 0 Å². The van der Waals surface area contributed by atoms with Gasteiger partial charge in [0.1, 0.15) is 0 Å². The van der Waals surface area contributed by atoms with E-state index in [1.54, 1.807) is 18.0 Å². The highest BCUT2D eigenvalue weighted by Crippen LogP contribution is 2.13. The highest BCUT2D eigenvalue weighted by Gasteiger charge is 2.14. The first-order valence-corrected chi connectivity index (χ1v) is 7.13. The first kappa shape index (κ1) is 17.2. The van der Waals surface area contributed by atoms with Crippen LogP contribution in [-0.2, 0) is 4.74 Å². The van der Waals surface area contributed by atoms with Crippen molar-refractivity contribution in [1.82, 2.24) is 4.90 Å². The Morgan fingerprint density at radius 3 is 2.86 bits per heavy atom. The van der Waals surface area contributed by atoms with Crippen molar-refractivity contribution >= 4 is 5.91 Å². The van der Waals surface area contributed by atoms with Crippen LogP contribution in [0.1, 0.15) is 34.8 Å². The van der Waals surface area contributed by atoms with Gasteiger partial charge in [0.05, 0.1) is 13.2 Å². The van der Waals surface area contributed by atoms with E-state index in [-0.39, 0.29) is 12.5 Å². The lowest BCUT2D eigenvalue weighted by Crippen LogP contribution is -2.30. The van der Waals surface area contributed by atoms with E-state index in [0.717, 1.165) is 11.1 Å². The lowest BCUT2D eigenvalue weighted by molar-refractivity contribution is 0.0709. The van der Waals surface area contributed by atoms with Crippen LogP contribution < -0.4 is 0 Å². The lowest BCUT2D eigenvalue weighted by atomic mass is 10.0. The van der Waals surface area contributed by atoms with Crippen LogP contribution >= 0.6 is 0 Å². The van der Waals surface area contributed by atoms with Gasteiger partial charge in [-0.25, -0.2) is 0 Å². The summed E-state index contributed by atoms with van der Waals surface area (Å²) in [6, 6.07) is 5.59. The molecule has 0 saturated carbocycles. The highest BCUT2D eigenvalue weighted by atomic mass is 16.5. The number of carbonyl (C=O) groups is 1. The number of carbonyl (C=O) groups excluding carboxylic acids is 1. The normalized spacial score (nSPS) is 9.90. The predicted octanol–water partition coefficient (Wildman–Crippen LogP) is 1.84. The minimum Gasteiger partial charge on any atom is -0.395 e. The Bertz CT molecular complexity index is 529. The van der Waals surface area contributed by atoms with Gasteiger partial charge in [0, 0.05) is 37.7 Å². The molecule has 0 radical (unpaired) electrons. The summed E-state index contributed by atoms with van der Waals surface area (Å²) in [7, 11) is 1.77. The Hall–Kier alpha value is -1.83. The van der Waals surface area contributed by atoms with E-state index in [2.05, 4.69) is 11.8 Å². The molecule has 1 rings (SSSR count). The van der Waals surface area contributed by atoms with Crippen molar-refractivity contribution in [2.45, 2.75) is 20.3 Å². The van der Waals surface area contributed by atoms with Crippen LogP contribution in [0, 0.1) is 18.8 Å². The molecule has 0 aliphatic carbocycles. The number of rotatable bonds is 6. The molecule has 0 unspecified atom stereocenters. The summed E-state index contributed by atoms with van der Waals surface area (Å²) in [5.41, 5.74) is 2.37. The molecule has 0 aliphatic rings. The largest absolute Gasteiger partial charge is 0.395 e. The number of aliphatic hydroxyl groups excluding tert-OH is 1. The molecule has 0 atom stereocenters. The van der Waals surface area contributed by atoms with Gasteiger partial charge in [-0.15, -0.1) is 0 Å². The molecule has 0 aromatic heterocycles. The Labute approximate surface area is 126 Å². The molecule has 1 aromatic carbocycles. The number of ether oxygens (including phenoxy) is 1. The zero-order chi connectivity index (χ0) is 15.7. The summed E-state index contributed by atoms with van der Waals surface area (Å²) in [4.78, 5) is 14.1. The van der Waals surface area contributed by atoms with Crippen molar-refractivity contribution < 1.29 is 14.6 Å². The smallest absolute Gasteiger partial charge is 0.253 e. The first-order valence-electron chi connectivity index (χ1n) is 7.13. The number of benzene rings is 1. The maximum atomic E-state index is 12.4. The standard InChI is InChI=1S/C17H23NO3/c1-4-21-12-10-18(3)17(20)16-13-15(7-5-6-11-19)9-8-14(16)2/h8-9,13,19H,4,6,10-12H2,1-3H3. The van der Waals surface area contributed by atoms with Crippen LogP contribution in [0.2, 0.25) is 0 Å². The van der Waals surface area contributed by atoms with Crippen LogP contribution in [0.15, 0.2) is 18.2 Å². The molecule has 0 spiro atoms. The van der Waals surface area contributed by atoms with Crippen LogP contribution in [0.25, 0.3) is 0 Å². The van der Waals surface area contributed by atoms with Gasteiger partial charge >= 0.3 is 0 Å². The van der Waals surface area contributed by atoms with Gasteiger partial charge in [0.25, 0.3) is 5.91 Å². The van der Waals surface area contributed by atoms with E-state index in [1.807, 2.05) is 26.0 Å². The summed E-state index contributed by atoms with van der Waals surface area (Å²) in [5, 5.41) is 8.73. The maximum Gasteiger partial charge on any atom is 0.253 e. The fourth-order valence-corrected chi connectivity index (χ4v) is 1.80. The molecule has 1 amide bonds. The third-order valence-corrected chi connectivity index (χ3v) is 3.06. The van der Waals surface area contributed by atoms with Crippen molar-refractivity contribution in [2.75, 3.05) is 33.4 Å². The van der Waals surface area contributed by atoms with Crippen molar-refractivity contribution in [1.29, 1.82) is 0 Å². The maximum absolute atomic E-state index is 12.4. The third kappa shape index (κ3) is 5.58. The zero-order valence-electron chi connectivity index (χ0n) is 13.0. The van der Waals surface area contributed by atoms with Crippen LogP contribution in [0.3, 0.4) is 0 Å². The lowest BCUT2D eigenvalue weighted by Gasteiger charge is -2.18. The number of hydrogen-bond donors (Lipinski definition) is 1. The van der Waals surface area contributed by atoms with Crippen molar-refractivity contribution in [3.63, 3.8) is 0 Å². The molecule has 21 heavy (non-hydrogen) atoms. The topological polar surface area (TPSA) is 49.8 Å². The molecule has 0 saturated heterocycles. The molecule has 114 valence electrons. The summed E-state index contributed by atoms with van der Waals surface area (Å²) in [6.07, 6.45) is 0.436. The summed E-state index contributed by atoms with van der Waals surface area (Å²) < 4.78 is 5.27. The number of nitrogens with zero attached hydrogens (tertiary/aromatic N) is 1. The minimum absolute atomic E-state index is 0.0296. The highest BCUT2D eigenvalue weighted by molar-refractivity contribution is 5.95. The molecule has 1 aromatic rings. The second-order valence-electron chi connectivity index (χ2n) is 4.73. The van der Waals surface area contributed by atoms with Crippen molar-refractivity contribution in [3.8, 4) is 11.8 Å². The summed E-state index contributed by atoms with van der Waals surface area (Å²) in [5.74, 6) is 5.79. The number of aliphatic hydroxyl groups is 1. The number of hydrogen-bond acceptors (Lipinski definition) is 3. The van der Waals surface area contributed by atoms with Gasteiger partial charge in [-0.05, 0) is 31.5 Å². The number of amides is 1. The second kappa shape index (κ2) is 9.17. The van der Waals surface area contributed by atoms with Gasteiger partial charge in [-0.2, -0.15) is 0 Å². The van der Waals surface area contributed by atoms with E-state index in [1.165, 1.54) is 0 Å². The molecule has 0 fully saturated rings. The van der Waals surface area contributed by atoms with Gasteiger partial charge in [-0.3, -0.25) is 4.79 Å². The molecular formula is C17H23NO3. The SMILES string of the molecule is CCOCCN(C)C(=O)c1cc(C#CCCO)ccc1C. The van der Waals surface area contributed by atoms with E-state index in [4.69, 9.17) is 9.84 Å². The molecule has 0 aliphatic heterocycles. The van der Waals surface area contributed by atoms with E-state index in [9.17, 15) is 4.79 Å². The van der Waals surface area contributed by atoms with Gasteiger partial charge in [-0.1, -0.05) is 17.9 Å². The van der Waals surface area contributed by atoms with E-state index in [0.29, 0.717) is 31.7 Å². The average Bonchev–Trinajstić information content (AvgIpc) is 2.48. The Morgan fingerprint density at radius 2 is 2.19 bits per heavy atom. The molecule has 1 N–H and O–H groups in total. The number of aryl methyl sites for hydroxylation is 1. The van der Waals surface area contributed by atoms with E-state index < -0.39 is 0 Å². The Kier molecular flexibility index (Phi) is 7.52. The molecule has 4 nitrogen and oxygen atoms in total. The van der Waals surface area contributed by atoms with E-state index >= 15 is 0 Å². The van der Waals surface area contributed by atoms with Crippen LogP contribution in [-0.4, -0.2) is 49.3 Å². The van der Waals surface area contributed by atoms with Gasteiger partial charge in [0.2, 0.25) is 0 Å². The monoisotopic (exact) mass is 289 g/mol. The molecule has 0 heterocycles. The predicted molar refractivity (Wildman–Crippen MR) is 83.2 cm³/mol. The summed E-state index contributed by atoms with van der Waals surface area (Å²) in [6.45, 7) is 5.64. The number of likely N-dealkylation sites (N-methyl/N-ethyl adjacent to an activating group) is 1. The fourth-order valence-electron chi connectivity index (χ4n) is 1.80. The second-order valence-corrected chi connectivity index (χ2v) is 4.73. The van der Waals surface area contributed by atoms with Crippen molar-refractivity contribution in [2.24, 2.45) is 0 Å². The van der Waals surface area contributed by atoms with Crippen LogP contribution in [0.5, 0.6) is 0 Å². The molecule has 0 bridgehead atoms.